The lowest BCUT2D eigenvalue weighted by Crippen LogP contribution is -2.29. The van der Waals surface area contributed by atoms with E-state index in [0.29, 0.717) is 6.54 Å². The van der Waals surface area contributed by atoms with Crippen LogP contribution >= 0.6 is 0 Å². The first-order valence-electron chi connectivity index (χ1n) is 19.0. The fourth-order valence-electron chi connectivity index (χ4n) is 7.33. The Morgan fingerprint density at radius 1 is 0.655 bits per heavy atom. The molecule has 0 aliphatic carbocycles. The maximum Gasteiger partial charge on any atom is 0.179 e. The van der Waals surface area contributed by atoms with Crippen molar-refractivity contribution in [3.63, 3.8) is 0 Å². The minimum atomic E-state index is -0.430. The molecule has 14 heteroatoms. The fraction of sp³-hybridized carbons (Fsp3) is 0.136. The highest BCUT2D eigenvalue weighted by atomic mass is 15.5. The van der Waals surface area contributed by atoms with Crippen molar-refractivity contribution in [3.8, 4) is 22.5 Å². The second kappa shape index (κ2) is 14.1. The van der Waals surface area contributed by atoms with Gasteiger partial charge in [0, 0.05) is 51.6 Å². The molecule has 282 valence electrons. The molecule has 3 aromatic carbocycles. The van der Waals surface area contributed by atoms with Gasteiger partial charge in [-0.1, -0.05) is 53.7 Å². The van der Waals surface area contributed by atoms with Gasteiger partial charge in [-0.05, 0) is 98.1 Å². The van der Waals surface area contributed by atoms with E-state index in [1.807, 2.05) is 70.3 Å². The van der Waals surface area contributed by atoms with Crippen molar-refractivity contribution in [2.45, 2.75) is 39.3 Å². The molecule has 2 N–H and O–H groups in total. The summed E-state index contributed by atoms with van der Waals surface area (Å²) >= 11 is 0. The first kappa shape index (κ1) is 34.7. The summed E-state index contributed by atoms with van der Waals surface area (Å²) in [6.07, 6.45) is 8.12. The summed E-state index contributed by atoms with van der Waals surface area (Å²) < 4.78 is 3.72. The van der Waals surface area contributed by atoms with Crippen LogP contribution in [0.3, 0.4) is 0 Å². The van der Waals surface area contributed by atoms with Crippen molar-refractivity contribution in [3.05, 3.63) is 145 Å². The van der Waals surface area contributed by atoms with Crippen LogP contribution in [0, 0.1) is 0 Å². The van der Waals surface area contributed by atoms with E-state index in [2.05, 4.69) is 126 Å². The number of fused-ring (bicyclic) bond motifs is 5. The molecule has 0 aliphatic heterocycles. The van der Waals surface area contributed by atoms with Gasteiger partial charge >= 0.3 is 0 Å². The monoisotopic (exact) mass is 760 g/mol. The van der Waals surface area contributed by atoms with Crippen LogP contribution in [0.1, 0.15) is 37.6 Å². The number of H-pyrrole nitrogens is 2. The van der Waals surface area contributed by atoms with Crippen LogP contribution in [0.2, 0.25) is 0 Å². The van der Waals surface area contributed by atoms with E-state index in [9.17, 15) is 0 Å². The quantitative estimate of drug-likeness (QED) is 0.162. The molecule has 8 aromatic heterocycles. The molecule has 0 bridgehead atoms. The van der Waals surface area contributed by atoms with Crippen LogP contribution in [0.5, 0.6) is 0 Å². The maximum absolute atomic E-state index is 4.89. The molecule has 8 heterocycles. The summed E-state index contributed by atoms with van der Waals surface area (Å²) in [5.74, 6) is 0. The number of hydrogen-bond acceptors (Lipinski definition) is 10. The standard InChI is InChI=1S/C24H19N7.C20H17N7/c1-2-19-18-7-6-17(13-23(18)28-27-19)21-9-10-22-24(26-21)31(30-29-22)14-15-5-8-20-16(12-15)4-3-11-25-20;1-20(2,15-5-6-16-13(10-15)4-3-9-21-16)27-19-18(25-26-27)8-7-17(24-19)14-11-22-23-12-14/h3-13H,2,14H2,1H3,(H,27,28);3-12H,1-2H3,(H,22,23). The highest BCUT2D eigenvalue weighted by Gasteiger charge is 2.28. The van der Waals surface area contributed by atoms with Crippen LogP contribution in [0.25, 0.3) is 77.6 Å². The number of aryl methyl sites for hydroxylation is 1. The Kier molecular flexibility index (Phi) is 8.43. The molecule has 0 fully saturated rings. The Hall–Kier alpha value is -7.74. The normalized spacial score (nSPS) is 11.8. The van der Waals surface area contributed by atoms with Crippen molar-refractivity contribution >= 4 is 55.0 Å². The molecule has 11 rings (SSSR count). The second-order valence-corrected chi connectivity index (χ2v) is 14.6. The molecule has 0 amide bonds. The number of rotatable bonds is 7. The maximum atomic E-state index is 4.89. The molecule has 14 nitrogen and oxygen atoms in total. The molecule has 0 radical (unpaired) electrons. The number of hydrogen-bond donors (Lipinski definition) is 2. The Bertz CT molecular complexity index is 3250. The van der Waals surface area contributed by atoms with Crippen molar-refractivity contribution in [1.82, 2.24) is 70.3 Å². The summed E-state index contributed by atoms with van der Waals surface area (Å²) in [6, 6.07) is 34.6. The van der Waals surface area contributed by atoms with E-state index >= 15 is 0 Å². The zero-order valence-electron chi connectivity index (χ0n) is 31.9. The summed E-state index contributed by atoms with van der Waals surface area (Å²) in [6.45, 7) is 6.95. The molecule has 11 aromatic rings. The minimum Gasteiger partial charge on any atom is -0.285 e. The number of pyridine rings is 4. The van der Waals surface area contributed by atoms with E-state index in [1.54, 1.807) is 12.4 Å². The Balaban J connectivity index is 0.000000142. The molecule has 58 heavy (non-hydrogen) atoms. The molecular weight excluding hydrogens is 725 g/mol. The van der Waals surface area contributed by atoms with Gasteiger partial charge in [0.1, 0.15) is 11.0 Å². The summed E-state index contributed by atoms with van der Waals surface area (Å²) in [4.78, 5) is 18.5. The van der Waals surface area contributed by atoms with Gasteiger partial charge in [-0.2, -0.15) is 10.2 Å². The van der Waals surface area contributed by atoms with E-state index in [-0.39, 0.29) is 0 Å². The zero-order valence-corrected chi connectivity index (χ0v) is 31.9. The van der Waals surface area contributed by atoms with Gasteiger partial charge in [0.25, 0.3) is 0 Å². The number of nitrogens with zero attached hydrogens (tertiary/aromatic N) is 12. The van der Waals surface area contributed by atoms with Crippen molar-refractivity contribution in [2.75, 3.05) is 0 Å². The SMILES string of the molecule is CC(C)(c1ccc2ncccc2c1)n1nnc2ccc(-c3cn[nH]c3)nc21.CCc1[nH]nc2cc(-c3ccc4nnn(Cc5ccc6ncccc6c5)c4n3)ccc12. The van der Waals surface area contributed by atoms with E-state index in [0.717, 1.165) is 101 Å². The largest absolute Gasteiger partial charge is 0.285 e. The highest BCUT2D eigenvalue weighted by Crippen LogP contribution is 2.31. The van der Waals surface area contributed by atoms with Crippen LogP contribution in [-0.2, 0) is 18.5 Å². The molecule has 0 aliphatic rings. The van der Waals surface area contributed by atoms with Crippen LogP contribution in [0.15, 0.2) is 128 Å². The van der Waals surface area contributed by atoms with Crippen LogP contribution < -0.4 is 0 Å². The number of aromatic amines is 2. The molecule has 0 saturated heterocycles. The molecular formula is C44H36N14. The third-order valence-electron chi connectivity index (χ3n) is 10.6. The lowest BCUT2D eigenvalue weighted by molar-refractivity contribution is 0.391. The highest BCUT2D eigenvalue weighted by molar-refractivity contribution is 5.87. The lowest BCUT2D eigenvalue weighted by Gasteiger charge is -2.26. The Labute approximate surface area is 331 Å². The number of benzene rings is 3. The van der Waals surface area contributed by atoms with Crippen molar-refractivity contribution in [1.29, 1.82) is 0 Å². The molecule has 0 atom stereocenters. The predicted molar refractivity (Wildman–Crippen MR) is 224 cm³/mol. The average Bonchev–Trinajstić information content (AvgIpc) is 4.10. The lowest BCUT2D eigenvalue weighted by atomic mass is 9.93. The zero-order chi connectivity index (χ0) is 39.2. The smallest absolute Gasteiger partial charge is 0.179 e. The molecule has 0 spiro atoms. The van der Waals surface area contributed by atoms with Crippen LogP contribution in [0.4, 0.5) is 0 Å². The number of aromatic nitrogens is 14. The summed E-state index contributed by atoms with van der Waals surface area (Å²) in [5, 5.41) is 35.1. The van der Waals surface area contributed by atoms with Gasteiger partial charge in [0.2, 0.25) is 0 Å². The molecule has 0 unspecified atom stereocenters. The fourth-order valence-corrected chi connectivity index (χ4v) is 7.33. The van der Waals surface area contributed by atoms with E-state index in [4.69, 9.17) is 9.97 Å². The Morgan fingerprint density at radius 3 is 2.14 bits per heavy atom. The van der Waals surface area contributed by atoms with Gasteiger partial charge < -0.3 is 0 Å². The van der Waals surface area contributed by atoms with Gasteiger partial charge in [-0.3, -0.25) is 20.2 Å². The minimum absolute atomic E-state index is 0.430. The topological polar surface area (TPSA) is 170 Å². The average molecular weight is 761 g/mol. The second-order valence-electron chi connectivity index (χ2n) is 14.6. The third-order valence-corrected chi connectivity index (χ3v) is 10.6. The first-order valence-corrected chi connectivity index (χ1v) is 19.0. The van der Waals surface area contributed by atoms with Gasteiger partial charge in [-0.15, -0.1) is 10.2 Å². The van der Waals surface area contributed by atoms with Gasteiger partial charge in [0.15, 0.2) is 11.3 Å². The molecule has 0 saturated carbocycles. The predicted octanol–water partition coefficient (Wildman–Crippen LogP) is 8.08. The summed E-state index contributed by atoms with van der Waals surface area (Å²) in [5.41, 5.74) is 12.6. The first-order chi connectivity index (χ1) is 28.4. The van der Waals surface area contributed by atoms with Crippen molar-refractivity contribution in [2.24, 2.45) is 0 Å². The summed E-state index contributed by atoms with van der Waals surface area (Å²) in [7, 11) is 0. The van der Waals surface area contributed by atoms with Gasteiger partial charge in [0.05, 0.1) is 46.2 Å². The third kappa shape index (κ3) is 6.26. The van der Waals surface area contributed by atoms with Gasteiger partial charge in [-0.25, -0.2) is 19.3 Å². The van der Waals surface area contributed by atoms with Crippen molar-refractivity contribution < 1.29 is 0 Å². The van der Waals surface area contributed by atoms with E-state index < -0.39 is 5.54 Å². The van der Waals surface area contributed by atoms with E-state index in [1.165, 1.54) is 0 Å². The number of nitrogens with one attached hydrogen (secondary N) is 2. The Morgan fingerprint density at radius 2 is 1.36 bits per heavy atom. The van der Waals surface area contributed by atoms with Crippen LogP contribution in [-0.4, -0.2) is 70.3 Å².